The third kappa shape index (κ3) is 4.85. The summed E-state index contributed by atoms with van der Waals surface area (Å²) in [5.41, 5.74) is 5.72. The third-order valence-corrected chi connectivity index (χ3v) is 1.72. The van der Waals surface area contributed by atoms with Crippen molar-refractivity contribution in [1.82, 2.24) is 20.2 Å². The fourth-order valence-electron chi connectivity index (χ4n) is 1.06. The minimum Gasteiger partial charge on any atom is -0.374 e. The Hall–Kier alpha value is -1.01. The highest BCUT2D eigenvalue weighted by Crippen LogP contribution is 2.07. The Bertz CT molecular complexity index is 304. The predicted molar refractivity (Wildman–Crippen MR) is 56.2 cm³/mol. The lowest BCUT2D eigenvalue weighted by Gasteiger charge is -2.21. The number of hydrogen-bond donors (Lipinski definition) is 1. The van der Waals surface area contributed by atoms with Crippen molar-refractivity contribution in [3.63, 3.8) is 0 Å². The van der Waals surface area contributed by atoms with Crippen LogP contribution < -0.4 is 5.73 Å². The smallest absolute Gasteiger partial charge is 0.176 e. The molecule has 0 aromatic carbocycles. The van der Waals surface area contributed by atoms with Crippen LogP contribution in [0.5, 0.6) is 0 Å². The molecule has 1 atom stereocenters. The van der Waals surface area contributed by atoms with E-state index in [4.69, 9.17) is 10.5 Å². The third-order valence-electron chi connectivity index (χ3n) is 1.72. The van der Waals surface area contributed by atoms with Gasteiger partial charge in [0, 0.05) is 12.5 Å². The second-order valence-electron chi connectivity index (χ2n) is 4.58. The number of nitrogens with two attached hydrogens (primary N) is 1. The van der Waals surface area contributed by atoms with E-state index in [1.54, 1.807) is 7.05 Å². The Morgan fingerprint density at radius 2 is 2.13 bits per heavy atom. The summed E-state index contributed by atoms with van der Waals surface area (Å²) in [6, 6.07) is -0.0894. The summed E-state index contributed by atoms with van der Waals surface area (Å²) in [6.07, 6.45) is 0.587. The summed E-state index contributed by atoms with van der Waals surface area (Å²) >= 11 is 0. The molecular weight excluding hydrogens is 194 g/mol. The molecule has 1 aromatic heterocycles. The van der Waals surface area contributed by atoms with Gasteiger partial charge in [0.2, 0.25) is 0 Å². The van der Waals surface area contributed by atoms with E-state index in [0.717, 1.165) is 0 Å². The Labute approximate surface area is 89.8 Å². The highest BCUT2D eigenvalue weighted by atomic mass is 16.5. The number of aromatic nitrogens is 4. The first-order valence-corrected chi connectivity index (χ1v) is 4.99. The van der Waals surface area contributed by atoms with Crippen LogP contribution in [0, 0.1) is 0 Å². The van der Waals surface area contributed by atoms with Crippen LogP contribution in [0.25, 0.3) is 0 Å². The molecule has 1 heterocycles. The van der Waals surface area contributed by atoms with Crippen LogP contribution in [0.4, 0.5) is 0 Å². The normalized spacial score (nSPS) is 14.2. The first kappa shape index (κ1) is 12.1. The molecule has 86 valence electrons. The molecule has 6 heteroatoms. The highest BCUT2D eigenvalue weighted by molar-refractivity contribution is 4.83. The Balaban J connectivity index is 2.33. The van der Waals surface area contributed by atoms with Crippen molar-refractivity contribution in [1.29, 1.82) is 0 Å². The second-order valence-corrected chi connectivity index (χ2v) is 4.58. The molecule has 0 spiro atoms. The van der Waals surface area contributed by atoms with Crippen molar-refractivity contribution in [2.45, 2.75) is 38.8 Å². The average Bonchev–Trinajstić information content (AvgIpc) is 2.47. The molecule has 0 aliphatic heterocycles. The van der Waals surface area contributed by atoms with Crippen molar-refractivity contribution >= 4 is 0 Å². The molecule has 0 aliphatic carbocycles. The van der Waals surface area contributed by atoms with Crippen LogP contribution in [0.3, 0.4) is 0 Å². The molecule has 6 nitrogen and oxygen atoms in total. The van der Waals surface area contributed by atoms with E-state index < -0.39 is 0 Å². The van der Waals surface area contributed by atoms with E-state index in [0.29, 0.717) is 18.9 Å². The molecule has 2 N–H and O–H groups in total. The molecule has 15 heavy (non-hydrogen) atoms. The van der Waals surface area contributed by atoms with E-state index >= 15 is 0 Å². The lowest BCUT2D eigenvalue weighted by atomic mass is 10.2. The zero-order valence-corrected chi connectivity index (χ0v) is 9.77. The number of aryl methyl sites for hydroxylation is 1. The maximum Gasteiger partial charge on any atom is 0.176 e. The van der Waals surface area contributed by atoms with Crippen LogP contribution in [0.2, 0.25) is 0 Å². The summed E-state index contributed by atoms with van der Waals surface area (Å²) in [5.74, 6) is 0.655. The van der Waals surface area contributed by atoms with Crippen molar-refractivity contribution in [3.8, 4) is 0 Å². The molecule has 0 radical (unpaired) electrons. The van der Waals surface area contributed by atoms with E-state index in [2.05, 4.69) is 15.4 Å². The van der Waals surface area contributed by atoms with Crippen molar-refractivity contribution in [3.05, 3.63) is 5.82 Å². The van der Waals surface area contributed by atoms with Crippen molar-refractivity contribution in [2.75, 3.05) is 6.61 Å². The summed E-state index contributed by atoms with van der Waals surface area (Å²) in [5, 5.41) is 11.7. The van der Waals surface area contributed by atoms with E-state index in [1.807, 2.05) is 20.8 Å². The zero-order chi connectivity index (χ0) is 11.5. The molecule has 1 aromatic rings. The fourth-order valence-corrected chi connectivity index (χ4v) is 1.06. The van der Waals surface area contributed by atoms with Crippen LogP contribution >= 0.6 is 0 Å². The van der Waals surface area contributed by atoms with Gasteiger partial charge in [-0.05, 0) is 26.0 Å². The summed E-state index contributed by atoms with van der Waals surface area (Å²) < 4.78 is 5.56. The summed E-state index contributed by atoms with van der Waals surface area (Å²) in [6.45, 7) is 6.50. The maximum absolute atomic E-state index is 5.88. The Morgan fingerprint density at radius 3 is 2.60 bits per heavy atom. The van der Waals surface area contributed by atoms with Gasteiger partial charge in [0.05, 0.1) is 19.3 Å². The minimum atomic E-state index is -0.159. The molecule has 1 unspecified atom stereocenters. The summed E-state index contributed by atoms with van der Waals surface area (Å²) in [7, 11) is 1.73. The highest BCUT2D eigenvalue weighted by Gasteiger charge is 2.14. The van der Waals surface area contributed by atoms with Gasteiger partial charge in [-0.1, -0.05) is 0 Å². The van der Waals surface area contributed by atoms with E-state index in [9.17, 15) is 0 Å². The monoisotopic (exact) mass is 213 g/mol. The molecule has 0 fully saturated rings. The van der Waals surface area contributed by atoms with Crippen molar-refractivity contribution < 1.29 is 4.74 Å². The standard InChI is InChI=1S/C9H19N5O/c1-9(2,3)15-6-7(10)5-8-11-13-14(4)12-8/h7H,5-6,10H2,1-4H3. The number of tetrazole rings is 1. The molecule has 1 rings (SSSR count). The summed E-state index contributed by atoms with van der Waals surface area (Å²) in [4.78, 5) is 1.42. The molecule has 0 saturated carbocycles. The molecule has 0 aliphatic rings. The Morgan fingerprint density at radius 1 is 1.47 bits per heavy atom. The largest absolute Gasteiger partial charge is 0.374 e. The van der Waals surface area contributed by atoms with Gasteiger partial charge in [-0.3, -0.25) is 0 Å². The van der Waals surface area contributed by atoms with Gasteiger partial charge in [0.25, 0.3) is 0 Å². The van der Waals surface area contributed by atoms with Gasteiger partial charge in [-0.2, -0.15) is 4.80 Å². The maximum atomic E-state index is 5.88. The van der Waals surface area contributed by atoms with Crippen molar-refractivity contribution in [2.24, 2.45) is 12.8 Å². The topological polar surface area (TPSA) is 78.9 Å². The average molecular weight is 213 g/mol. The number of ether oxygens (including phenoxy) is 1. The van der Waals surface area contributed by atoms with Crippen LogP contribution in [-0.2, 0) is 18.2 Å². The van der Waals surface area contributed by atoms with Gasteiger partial charge in [-0.25, -0.2) is 0 Å². The van der Waals surface area contributed by atoms with Crippen LogP contribution in [0.1, 0.15) is 26.6 Å². The number of hydrogen-bond acceptors (Lipinski definition) is 5. The SMILES string of the molecule is Cn1nnc(CC(N)COC(C)(C)C)n1. The van der Waals surface area contributed by atoms with Gasteiger partial charge < -0.3 is 10.5 Å². The first-order chi connectivity index (χ1) is 6.87. The number of rotatable bonds is 4. The molecular formula is C9H19N5O. The van der Waals surface area contributed by atoms with Crippen LogP contribution in [0.15, 0.2) is 0 Å². The second kappa shape index (κ2) is 4.67. The molecule has 0 amide bonds. The zero-order valence-electron chi connectivity index (χ0n) is 9.77. The van der Waals surface area contributed by atoms with Gasteiger partial charge in [0.1, 0.15) is 0 Å². The lowest BCUT2D eigenvalue weighted by molar-refractivity contribution is -0.0100. The minimum absolute atomic E-state index is 0.0894. The Kier molecular flexibility index (Phi) is 3.76. The molecule has 0 bridgehead atoms. The van der Waals surface area contributed by atoms with E-state index in [1.165, 1.54) is 4.80 Å². The predicted octanol–water partition coefficient (Wildman–Crippen LogP) is -0.105. The molecule has 0 saturated heterocycles. The fraction of sp³-hybridized carbons (Fsp3) is 0.889. The number of nitrogens with zero attached hydrogens (tertiary/aromatic N) is 4. The van der Waals surface area contributed by atoms with Gasteiger partial charge in [-0.15, -0.1) is 10.2 Å². The van der Waals surface area contributed by atoms with Crippen LogP contribution in [-0.4, -0.2) is 38.5 Å². The lowest BCUT2D eigenvalue weighted by Crippen LogP contribution is -2.33. The van der Waals surface area contributed by atoms with E-state index in [-0.39, 0.29) is 11.6 Å². The quantitative estimate of drug-likeness (QED) is 0.755. The van der Waals surface area contributed by atoms with Gasteiger partial charge in [0.15, 0.2) is 5.82 Å². The van der Waals surface area contributed by atoms with Gasteiger partial charge >= 0.3 is 0 Å². The first-order valence-electron chi connectivity index (χ1n) is 4.99.